The Kier molecular flexibility index (Phi) is 5.47. The van der Waals surface area contributed by atoms with Gasteiger partial charge in [0.25, 0.3) is 5.92 Å². The highest BCUT2D eigenvalue weighted by Crippen LogP contribution is 2.50. The van der Waals surface area contributed by atoms with Crippen LogP contribution < -0.4 is 5.30 Å². The molecule has 0 saturated carbocycles. The van der Waals surface area contributed by atoms with E-state index in [1.54, 1.807) is 27.7 Å². The van der Waals surface area contributed by atoms with Crippen molar-refractivity contribution in [3.63, 3.8) is 0 Å². The van der Waals surface area contributed by atoms with Gasteiger partial charge in [-0.3, -0.25) is 4.57 Å². The van der Waals surface area contributed by atoms with Gasteiger partial charge in [-0.05, 0) is 51.0 Å². The monoisotopic (exact) mass is 306 g/mol. The molecule has 6 heteroatoms. The molecule has 0 spiro atoms. The highest BCUT2D eigenvalue weighted by molar-refractivity contribution is 7.62. The maximum Gasteiger partial charge on any atom is 0.361 e. The van der Waals surface area contributed by atoms with E-state index in [0.717, 1.165) is 12.5 Å². The molecular formula is C14H21F2O3P. The van der Waals surface area contributed by atoms with Crippen molar-refractivity contribution in [2.75, 3.05) is 13.2 Å². The minimum Gasteiger partial charge on any atom is -0.305 e. The molecule has 1 rings (SSSR count). The van der Waals surface area contributed by atoms with Crippen LogP contribution in [0, 0.1) is 13.8 Å². The summed E-state index contributed by atoms with van der Waals surface area (Å²) in [5, 5.41) is -0.0446. The van der Waals surface area contributed by atoms with E-state index in [-0.39, 0.29) is 24.1 Å². The van der Waals surface area contributed by atoms with Crippen LogP contribution in [0.15, 0.2) is 12.1 Å². The first-order valence-corrected chi connectivity index (χ1v) is 8.09. The minimum absolute atomic E-state index is 0.0446. The molecular weight excluding hydrogens is 285 g/mol. The Morgan fingerprint density at radius 2 is 1.55 bits per heavy atom. The summed E-state index contributed by atoms with van der Waals surface area (Å²) in [6.45, 7) is 7.84. The number of halogens is 2. The van der Waals surface area contributed by atoms with E-state index < -0.39 is 13.5 Å². The Bertz CT molecular complexity index is 514. The quantitative estimate of drug-likeness (QED) is 0.735. The molecule has 0 bridgehead atoms. The van der Waals surface area contributed by atoms with E-state index in [1.807, 2.05) is 0 Å². The molecule has 1 aromatic rings. The molecule has 0 atom stereocenters. The van der Waals surface area contributed by atoms with Gasteiger partial charge in [0.2, 0.25) is 0 Å². The van der Waals surface area contributed by atoms with Crippen LogP contribution in [0.4, 0.5) is 8.78 Å². The lowest BCUT2D eigenvalue weighted by molar-refractivity contribution is 0.0181. The van der Waals surface area contributed by atoms with Gasteiger partial charge in [-0.15, -0.1) is 0 Å². The third kappa shape index (κ3) is 3.66. The molecule has 0 aliphatic heterocycles. The molecule has 0 fully saturated rings. The van der Waals surface area contributed by atoms with Crippen molar-refractivity contribution >= 4 is 12.9 Å². The highest BCUT2D eigenvalue weighted by Gasteiger charge is 2.37. The van der Waals surface area contributed by atoms with E-state index in [9.17, 15) is 13.3 Å². The summed E-state index contributed by atoms with van der Waals surface area (Å²) in [5.74, 6) is -3.11. The van der Waals surface area contributed by atoms with Gasteiger partial charge in [-0.25, -0.2) is 8.78 Å². The zero-order valence-electron chi connectivity index (χ0n) is 12.5. The van der Waals surface area contributed by atoms with Crippen molar-refractivity contribution in [1.29, 1.82) is 0 Å². The number of benzene rings is 1. The van der Waals surface area contributed by atoms with E-state index in [0.29, 0.717) is 5.56 Å². The normalized spacial score (nSPS) is 12.8. The smallest absolute Gasteiger partial charge is 0.305 e. The maximum absolute atomic E-state index is 13.8. The van der Waals surface area contributed by atoms with Gasteiger partial charge < -0.3 is 9.05 Å². The van der Waals surface area contributed by atoms with Crippen molar-refractivity contribution in [1.82, 2.24) is 0 Å². The number of hydrogen-bond acceptors (Lipinski definition) is 3. The molecule has 114 valence electrons. The van der Waals surface area contributed by atoms with Gasteiger partial charge in [0.15, 0.2) is 0 Å². The van der Waals surface area contributed by atoms with Crippen LogP contribution in [-0.4, -0.2) is 13.2 Å². The van der Waals surface area contributed by atoms with Crippen LogP contribution in [0.25, 0.3) is 0 Å². The summed E-state index contributed by atoms with van der Waals surface area (Å²) >= 11 is 0. The molecule has 0 radical (unpaired) electrons. The van der Waals surface area contributed by atoms with Crippen molar-refractivity contribution < 1.29 is 22.4 Å². The minimum atomic E-state index is -3.73. The van der Waals surface area contributed by atoms with Crippen LogP contribution in [0.5, 0.6) is 0 Å². The lowest BCUT2D eigenvalue weighted by Crippen LogP contribution is -2.24. The molecule has 1 aromatic carbocycles. The number of alkyl halides is 2. The Labute approximate surface area is 118 Å². The fourth-order valence-corrected chi connectivity index (χ4v) is 3.84. The van der Waals surface area contributed by atoms with Crippen LogP contribution >= 0.6 is 7.60 Å². The molecule has 0 aliphatic carbocycles. The maximum atomic E-state index is 13.8. The van der Waals surface area contributed by atoms with Crippen molar-refractivity contribution in [2.45, 2.75) is 40.5 Å². The summed E-state index contributed by atoms with van der Waals surface area (Å²) in [7, 11) is -3.73. The molecule has 3 nitrogen and oxygen atoms in total. The zero-order chi connectivity index (χ0) is 15.6. The molecule has 0 N–H and O–H groups in total. The van der Waals surface area contributed by atoms with Crippen LogP contribution in [0.1, 0.15) is 37.5 Å². The first-order valence-electron chi connectivity index (χ1n) is 6.55. The Morgan fingerprint density at radius 3 is 1.95 bits per heavy atom. The lowest BCUT2D eigenvalue weighted by Gasteiger charge is -2.24. The fourth-order valence-electron chi connectivity index (χ4n) is 1.90. The van der Waals surface area contributed by atoms with Gasteiger partial charge >= 0.3 is 7.60 Å². The summed E-state index contributed by atoms with van der Waals surface area (Å²) in [6.07, 6.45) is 0. The molecule has 0 aliphatic rings. The van der Waals surface area contributed by atoms with Crippen molar-refractivity contribution in [3.05, 3.63) is 28.8 Å². The van der Waals surface area contributed by atoms with Crippen LogP contribution in [0.2, 0.25) is 0 Å². The lowest BCUT2D eigenvalue weighted by atomic mass is 10.0. The van der Waals surface area contributed by atoms with E-state index >= 15 is 0 Å². The van der Waals surface area contributed by atoms with Gasteiger partial charge in [0, 0.05) is 12.5 Å². The Hall–Kier alpha value is -0.770. The van der Waals surface area contributed by atoms with E-state index in [1.165, 1.54) is 12.1 Å². The van der Waals surface area contributed by atoms with Crippen molar-refractivity contribution in [3.8, 4) is 0 Å². The first-order chi connectivity index (χ1) is 9.15. The molecule has 0 amide bonds. The van der Waals surface area contributed by atoms with Crippen molar-refractivity contribution in [2.24, 2.45) is 0 Å². The number of hydrogen-bond donors (Lipinski definition) is 0. The standard InChI is InChI=1S/C14H21F2O3P/c1-6-18-20(17,19-7-2)13-9-11(4)10(3)8-12(13)14(5,15)16/h8-9H,6-7H2,1-5H3. The average molecular weight is 306 g/mol. The zero-order valence-corrected chi connectivity index (χ0v) is 13.4. The molecule has 0 aromatic heterocycles. The fraction of sp³-hybridized carbons (Fsp3) is 0.571. The van der Waals surface area contributed by atoms with Crippen LogP contribution in [-0.2, 0) is 19.5 Å². The van der Waals surface area contributed by atoms with E-state index in [2.05, 4.69) is 0 Å². The largest absolute Gasteiger partial charge is 0.361 e. The summed E-state index contributed by atoms with van der Waals surface area (Å²) in [6, 6.07) is 2.84. The van der Waals surface area contributed by atoms with Gasteiger partial charge in [-0.1, -0.05) is 0 Å². The highest BCUT2D eigenvalue weighted by atomic mass is 31.2. The average Bonchev–Trinajstić information content (AvgIpc) is 2.31. The molecule has 0 saturated heterocycles. The SMILES string of the molecule is CCOP(=O)(OCC)c1cc(C)c(C)cc1C(C)(F)F. The predicted octanol–water partition coefficient (Wildman–Crippen LogP) is 4.31. The van der Waals surface area contributed by atoms with E-state index in [4.69, 9.17) is 9.05 Å². The molecule has 0 unspecified atom stereocenters. The Balaban J connectivity index is 3.55. The Morgan fingerprint density at radius 1 is 1.10 bits per heavy atom. The second kappa shape index (κ2) is 6.33. The summed E-state index contributed by atoms with van der Waals surface area (Å²) < 4.78 is 50.8. The molecule has 20 heavy (non-hydrogen) atoms. The second-order valence-corrected chi connectivity index (χ2v) is 6.67. The molecule has 0 heterocycles. The topological polar surface area (TPSA) is 35.5 Å². The third-order valence-electron chi connectivity index (χ3n) is 2.98. The van der Waals surface area contributed by atoms with Gasteiger partial charge in [0.1, 0.15) is 0 Å². The summed E-state index contributed by atoms with van der Waals surface area (Å²) in [5.41, 5.74) is 1.18. The van der Waals surface area contributed by atoms with Gasteiger partial charge in [0.05, 0.1) is 18.5 Å². The second-order valence-electron chi connectivity index (χ2n) is 4.68. The van der Waals surface area contributed by atoms with Gasteiger partial charge in [-0.2, -0.15) is 0 Å². The number of aryl methyl sites for hydroxylation is 2. The summed E-state index contributed by atoms with van der Waals surface area (Å²) in [4.78, 5) is 0. The predicted molar refractivity (Wildman–Crippen MR) is 76.0 cm³/mol. The third-order valence-corrected chi connectivity index (χ3v) is 5.13. The number of rotatable bonds is 6. The first kappa shape index (κ1) is 17.3. The van der Waals surface area contributed by atoms with Crippen LogP contribution in [0.3, 0.4) is 0 Å².